The van der Waals surface area contributed by atoms with E-state index < -0.39 is 0 Å². The van der Waals surface area contributed by atoms with Gasteiger partial charge < -0.3 is 9.80 Å². The van der Waals surface area contributed by atoms with Gasteiger partial charge in [0.1, 0.15) is 0 Å². The molecule has 4 heteroatoms. The van der Waals surface area contributed by atoms with Crippen LogP contribution in [0.3, 0.4) is 0 Å². The Labute approximate surface area is 158 Å². The zero-order valence-electron chi connectivity index (χ0n) is 16.4. The molecule has 4 nitrogen and oxygen atoms in total. The van der Waals surface area contributed by atoms with Crippen LogP contribution in [0.25, 0.3) is 0 Å². The molecule has 0 radical (unpaired) electrons. The minimum absolute atomic E-state index is 0.242. The predicted molar refractivity (Wildman–Crippen MR) is 103 cm³/mol. The van der Waals surface area contributed by atoms with E-state index in [0.717, 1.165) is 57.7 Å². The fourth-order valence-corrected chi connectivity index (χ4v) is 6.05. The lowest BCUT2D eigenvalue weighted by Gasteiger charge is -2.40. The fraction of sp³-hybridized carbons (Fsp3) is 0.909. The first kappa shape index (κ1) is 18.3. The molecule has 0 aromatic rings. The molecule has 0 unspecified atom stereocenters. The molecule has 2 aliphatic carbocycles. The summed E-state index contributed by atoms with van der Waals surface area (Å²) >= 11 is 0. The van der Waals surface area contributed by atoms with Gasteiger partial charge in [-0.1, -0.05) is 44.9 Å². The minimum atomic E-state index is -0.251. The Morgan fingerprint density at radius 2 is 1.65 bits per heavy atom. The van der Waals surface area contributed by atoms with E-state index >= 15 is 0 Å². The molecule has 146 valence electrons. The van der Waals surface area contributed by atoms with Crippen LogP contribution in [-0.4, -0.2) is 47.8 Å². The van der Waals surface area contributed by atoms with Crippen LogP contribution in [0.5, 0.6) is 0 Å². The Kier molecular flexibility index (Phi) is 5.56. The Hall–Kier alpha value is -1.06. The molecule has 4 fully saturated rings. The highest BCUT2D eigenvalue weighted by atomic mass is 16.2. The number of rotatable bonds is 4. The molecule has 4 aliphatic rings. The van der Waals surface area contributed by atoms with Gasteiger partial charge >= 0.3 is 0 Å². The molecule has 0 aromatic carbocycles. The Balaban J connectivity index is 1.34. The fourth-order valence-electron chi connectivity index (χ4n) is 6.05. The van der Waals surface area contributed by atoms with Crippen LogP contribution in [0, 0.1) is 17.3 Å². The molecule has 1 spiro atoms. The van der Waals surface area contributed by atoms with E-state index in [1.54, 1.807) is 0 Å². The van der Waals surface area contributed by atoms with Crippen LogP contribution in [0.4, 0.5) is 0 Å². The highest BCUT2D eigenvalue weighted by molar-refractivity contribution is 5.86. The van der Waals surface area contributed by atoms with Crippen LogP contribution in [0.15, 0.2) is 0 Å². The van der Waals surface area contributed by atoms with E-state index in [1.807, 2.05) is 4.90 Å². The summed E-state index contributed by atoms with van der Waals surface area (Å²) in [4.78, 5) is 30.3. The lowest BCUT2D eigenvalue weighted by Crippen LogP contribution is -2.51. The average molecular weight is 361 g/mol. The molecule has 0 bridgehead atoms. The number of hydrogen-bond donors (Lipinski definition) is 0. The van der Waals surface area contributed by atoms with E-state index in [-0.39, 0.29) is 11.3 Å². The first-order valence-corrected chi connectivity index (χ1v) is 11.3. The molecule has 0 aromatic heterocycles. The van der Waals surface area contributed by atoms with Gasteiger partial charge in [-0.25, -0.2) is 0 Å². The van der Waals surface area contributed by atoms with Crippen molar-refractivity contribution < 1.29 is 9.59 Å². The van der Waals surface area contributed by atoms with Gasteiger partial charge in [-0.05, 0) is 44.4 Å². The van der Waals surface area contributed by atoms with Crippen molar-refractivity contribution in [1.29, 1.82) is 0 Å². The van der Waals surface area contributed by atoms with Gasteiger partial charge in [0.25, 0.3) is 0 Å². The summed E-state index contributed by atoms with van der Waals surface area (Å²) in [7, 11) is 0. The van der Waals surface area contributed by atoms with E-state index in [0.29, 0.717) is 18.4 Å². The maximum Gasteiger partial charge on any atom is 0.230 e. The zero-order chi connectivity index (χ0) is 18.0. The van der Waals surface area contributed by atoms with Gasteiger partial charge in [0.15, 0.2) is 0 Å². The van der Waals surface area contributed by atoms with Gasteiger partial charge in [-0.2, -0.15) is 0 Å². The number of likely N-dealkylation sites (tertiary alicyclic amines) is 2. The van der Waals surface area contributed by atoms with Crippen molar-refractivity contribution in [3.05, 3.63) is 0 Å². The number of piperidine rings is 1. The van der Waals surface area contributed by atoms with Gasteiger partial charge in [-0.15, -0.1) is 0 Å². The number of carbonyl (C=O) groups is 2. The maximum atomic E-state index is 13.3. The molecule has 1 atom stereocenters. The third kappa shape index (κ3) is 3.66. The van der Waals surface area contributed by atoms with Gasteiger partial charge in [-0.3, -0.25) is 9.59 Å². The molecule has 2 heterocycles. The molecule has 2 aliphatic heterocycles. The van der Waals surface area contributed by atoms with E-state index in [2.05, 4.69) is 4.90 Å². The van der Waals surface area contributed by atoms with Crippen molar-refractivity contribution in [2.24, 2.45) is 17.3 Å². The summed E-state index contributed by atoms with van der Waals surface area (Å²) in [5.74, 6) is 1.78. The second kappa shape index (κ2) is 7.90. The summed E-state index contributed by atoms with van der Waals surface area (Å²) in [5.41, 5.74) is -0.251. The predicted octanol–water partition coefficient (Wildman–Crippen LogP) is 3.99. The topological polar surface area (TPSA) is 40.6 Å². The monoisotopic (exact) mass is 360 g/mol. The number of carbonyl (C=O) groups excluding carboxylic acids is 2. The molecular formula is C22H36N2O2. The van der Waals surface area contributed by atoms with Crippen LogP contribution < -0.4 is 0 Å². The second-order valence-corrected chi connectivity index (χ2v) is 9.46. The normalized spacial score (nSPS) is 31.3. The summed E-state index contributed by atoms with van der Waals surface area (Å²) in [6.45, 7) is 3.38. The summed E-state index contributed by atoms with van der Waals surface area (Å²) < 4.78 is 0. The zero-order valence-corrected chi connectivity index (χ0v) is 16.4. The van der Waals surface area contributed by atoms with Crippen LogP contribution in [0.1, 0.15) is 83.5 Å². The van der Waals surface area contributed by atoms with Crippen molar-refractivity contribution in [2.45, 2.75) is 83.5 Å². The quantitative estimate of drug-likeness (QED) is 0.760. The van der Waals surface area contributed by atoms with Crippen LogP contribution >= 0.6 is 0 Å². The average Bonchev–Trinajstić information content (AvgIpc) is 3.34. The first-order valence-electron chi connectivity index (χ1n) is 11.3. The molecular weight excluding hydrogens is 324 g/mol. The highest BCUT2D eigenvalue weighted by Gasteiger charge is 2.49. The highest BCUT2D eigenvalue weighted by Crippen LogP contribution is 2.41. The smallest absolute Gasteiger partial charge is 0.230 e. The summed E-state index contributed by atoms with van der Waals surface area (Å²) in [5, 5.41) is 0. The van der Waals surface area contributed by atoms with E-state index in [4.69, 9.17) is 0 Å². The molecule has 2 saturated carbocycles. The van der Waals surface area contributed by atoms with Gasteiger partial charge in [0.05, 0.1) is 5.41 Å². The first-order chi connectivity index (χ1) is 12.7. The SMILES string of the molecule is O=C(C1CCCC1)N1CC[C@]2(CCCN(CCC3CCCCC3)C2=O)C1. The summed E-state index contributed by atoms with van der Waals surface area (Å²) in [6, 6.07) is 0. The second-order valence-electron chi connectivity index (χ2n) is 9.46. The molecule has 2 saturated heterocycles. The third-order valence-electron chi connectivity index (χ3n) is 7.73. The van der Waals surface area contributed by atoms with E-state index in [1.165, 1.54) is 51.4 Å². The largest absolute Gasteiger partial charge is 0.342 e. The lowest BCUT2D eigenvalue weighted by molar-refractivity contribution is -0.146. The van der Waals surface area contributed by atoms with Gasteiger partial charge in [0, 0.05) is 32.1 Å². The third-order valence-corrected chi connectivity index (χ3v) is 7.73. The van der Waals surface area contributed by atoms with Gasteiger partial charge in [0.2, 0.25) is 11.8 Å². The Morgan fingerprint density at radius 1 is 0.923 bits per heavy atom. The molecule has 4 rings (SSSR count). The number of amides is 2. The van der Waals surface area contributed by atoms with Crippen LogP contribution in [0.2, 0.25) is 0 Å². The number of hydrogen-bond acceptors (Lipinski definition) is 2. The molecule has 0 N–H and O–H groups in total. The lowest BCUT2D eigenvalue weighted by atomic mass is 9.78. The number of nitrogens with zero attached hydrogens (tertiary/aromatic N) is 2. The Bertz CT molecular complexity index is 522. The van der Waals surface area contributed by atoms with Crippen molar-refractivity contribution in [3.63, 3.8) is 0 Å². The van der Waals surface area contributed by atoms with E-state index in [9.17, 15) is 9.59 Å². The van der Waals surface area contributed by atoms with Crippen molar-refractivity contribution >= 4 is 11.8 Å². The minimum Gasteiger partial charge on any atom is -0.342 e. The van der Waals surface area contributed by atoms with Crippen molar-refractivity contribution in [2.75, 3.05) is 26.2 Å². The van der Waals surface area contributed by atoms with Crippen LogP contribution in [-0.2, 0) is 9.59 Å². The molecule has 2 amide bonds. The standard InChI is InChI=1S/C22H36N2O2/c25-20(19-9-4-5-10-19)24-16-13-22(17-24)12-6-14-23(21(22)26)15-11-18-7-2-1-3-8-18/h18-19H,1-17H2/t22-/m1/s1. The van der Waals surface area contributed by atoms with Crippen molar-refractivity contribution in [1.82, 2.24) is 9.80 Å². The summed E-state index contributed by atoms with van der Waals surface area (Å²) in [6.07, 6.45) is 15.6. The van der Waals surface area contributed by atoms with Crippen molar-refractivity contribution in [3.8, 4) is 0 Å². The molecule has 26 heavy (non-hydrogen) atoms. The Morgan fingerprint density at radius 3 is 2.42 bits per heavy atom. The maximum absolute atomic E-state index is 13.3.